The quantitative estimate of drug-likeness (QED) is 0.381. The number of hydrogen-bond donors (Lipinski definition) is 1. The monoisotopic (exact) mass is 513 g/mol. The molecule has 0 saturated heterocycles. The molecule has 31 heavy (non-hydrogen) atoms. The summed E-state index contributed by atoms with van der Waals surface area (Å²) in [6.45, 7) is 6.35. The molecule has 0 atom stereocenters. The number of hydrogen-bond acceptors (Lipinski definition) is 3. The molecule has 1 radical (unpaired) electrons. The molecular formula is C26H54N3OY-. The van der Waals surface area contributed by atoms with Crippen molar-refractivity contribution in [3.05, 3.63) is 55.1 Å². The minimum absolute atomic E-state index is 0. The molecule has 0 spiro atoms. The van der Waals surface area contributed by atoms with Crippen LogP contribution in [0.25, 0.3) is 0 Å². The van der Waals surface area contributed by atoms with Gasteiger partial charge in [0, 0.05) is 51.9 Å². The van der Waals surface area contributed by atoms with Crippen molar-refractivity contribution in [2.24, 2.45) is 5.92 Å². The summed E-state index contributed by atoms with van der Waals surface area (Å²) in [6, 6.07) is 12.4. The fraction of sp³-hybridized carbons (Fsp3) is 0.615. The van der Waals surface area contributed by atoms with Crippen molar-refractivity contribution in [2.75, 3.05) is 7.05 Å². The number of nitrogens with zero attached hydrogens (tertiary/aromatic N) is 2. The van der Waals surface area contributed by atoms with Gasteiger partial charge >= 0.3 is 0 Å². The predicted octanol–water partition coefficient (Wildman–Crippen LogP) is 8.03. The van der Waals surface area contributed by atoms with Crippen LogP contribution in [0.2, 0.25) is 0 Å². The summed E-state index contributed by atoms with van der Waals surface area (Å²) in [5.74, 6) is 1.64. The molecule has 0 aliphatic heterocycles. The topological polar surface area (TPSA) is 39.1 Å². The van der Waals surface area contributed by atoms with Crippen LogP contribution >= 0.6 is 0 Å². The molecule has 1 aromatic heterocycles. The minimum Gasteiger partial charge on any atom is -0.473 e. The Kier molecular flexibility index (Phi) is 36.3. The van der Waals surface area contributed by atoms with Crippen LogP contribution in [0.1, 0.15) is 87.9 Å². The smallest absolute Gasteiger partial charge is 0.212 e. The van der Waals surface area contributed by atoms with E-state index in [0.29, 0.717) is 6.61 Å². The number of benzene rings is 1. The van der Waals surface area contributed by atoms with Crippen LogP contribution in [0.15, 0.2) is 36.4 Å². The first kappa shape index (κ1) is 44.0. The van der Waals surface area contributed by atoms with Crippen LogP contribution in [0, 0.1) is 13.3 Å². The third-order valence-corrected chi connectivity index (χ3v) is 4.29. The third kappa shape index (κ3) is 14.9. The Morgan fingerprint density at radius 1 is 1.00 bits per heavy atom. The SMILES string of the molecule is C.C.C.C.C.CC.CNCc1cc(OCc2ccccc2)n(CC2CCCC2)n1.[CH3-].[Y]. The molecule has 1 aliphatic carbocycles. The Morgan fingerprint density at radius 2 is 1.55 bits per heavy atom. The molecule has 1 heterocycles. The summed E-state index contributed by atoms with van der Waals surface area (Å²) in [6.07, 6.45) is 5.35. The van der Waals surface area contributed by atoms with E-state index in [1.54, 1.807) is 0 Å². The first-order chi connectivity index (χ1) is 11.8. The molecule has 1 saturated carbocycles. The van der Waals surface area contributed by atoms with Gasteiger partial charge in [-0.25, -0.2) is 4.68 Å². The van der Waals surface area contributed by atoms with Crippen molar-refractivity contribution in [1.82, 2.24) is 15.1 Å². The zero-order valence-electron chi connectivity index (χ0n) is 16.9. The third-order valence-electron chi connectivity index (χ3n) is 4.29. The maximum atomic E-state index is 6.03. The van der Waals surface area contributed by atoms with E-state index in [-0.39, 0.29) is 77.3 Å². The molecular weight excluding hydrogens is 459 g/mol. The van der Waals surface area contributed by atoms with Crippen LogP contribution in [-0.4, -0.2) is 16.8 Å². The Labute approximate surface area is 221 Å². The van der Waals surface area contributed by atoms with Gasteiger partial charge in [-0.15, -0.1) is 0 Å². The fourth-order valence-electron chi connectivity index (χ4n) is 3.13. The number of aromatic nitrogens is 2. The average Bonchev–Trinajstić information content (AvgIpc) is 3.27. The van der Waals surface area contributed by atoms with Gasteiger partial charge in [0.2, 0.25) is 5.88 Å². The molecule has 5 heteroatoms. The maximum Gasteiger partial charge on any atom is 0.212 e. The number of ether oxygens (including phenoxy) is 1. The van der Waals surface area contributed by atoms with E-state index in [2.05, 4.69) is 28.2 Å². The van der Waals surface area contributed by atoms with E-state index >= 15 is 0 Å². The van der Waals surface area contributed by atoms with Gasteiger partial charge < -0.3 is 17.5 Å². The standard InChI is InChI=1S/C18H25N3O.C2H6.5CH4.CH3.Y/c1-19-12-17-11-18(22-14-16-9-3-2-4-10-16)21(20-17)13-15-7-5-6-8-15;1-2;;;;;;;/h2-4,9-11,15,19H,5-8,12-14H2,1H3;1-2H3;5*1H4;1H3;/q;;;;;;;-1;. The normalized spacial score (nSPS) is 11.1. The largest absolute Gasteiger partial charge is 0.473 e. The summed E-state index contributed by atoms with van der Waals surface area (Å²) in [5.41, 5.74) is 2.23. The van der Waals surface area contributed by atoms with Gasteiger partial charge in [0.25, 0.3) is 0 Å². The first-order valence-corrected chi connectivity index (χ1v) is 9.23. The van der Waals surface area contributed by atoms with Gasteiger partial charge in [-0.3, -0.25) is 0 Å². The molecule has 1 aromatic carbocycles. The fourth-order valence-corrected chi connectivity index (χ4v) is 3.13. The van der Waals surface area contributed by atoms with Crippen molar-refractivity contribution in [3.63, 3.8) is 0 Å². The number of rotatable bonds is 7. The van der Waals surface area contributed by atoms with Crippen LogP contribution in [0.5, 0.6) is 5.88 Å². The van der Waals surface area contributed by atoms with Gasteiger partial charge in [-0.2, -0.15) is 5.10 Å². The summed E-state index contributed by atoms with van der Waals surface area (Å²) in [5, 5.41) is 7.87. The number of nitrogens with one attached hydrogen (secondary N) is 1. The zero-order valence-corrected chi connectivity index (χ0v) is 19.7. The molecule has 0 bridgehead atoms. The van der Waals surface area contributed by atoms with Crippen molar-refractivity contribution in [1.29, 1.82) is 0 Å². The molecule has 0 amide bonds. The molecule has 183 valence electrons. The van der Waals surface area contributed by atoms with Crippen molar-refractivity contribution < 1.29 is 37.4 Å². The van der Waals surface area contributed by atoms with E-state index in [9.17, 15) is 0 Å². The van der Waals surface area contributed by atoms with Crippen LogP contribution in [0.4, 0.5) is 0 Å². The van der Waals surface area contributed by atoms with Gasteiger partial charge in [0.15, 0.2) is 0 Å². The average molecular weight is 514 g/mol. The molecule has 4 nitrogen and oxygen atoms in total. The molecule has 3 rings (SSSR count). The van der Waals surface area contributed by atoms with Crippen LogP contribution in [0.3, 0.4) is 0 Å². The summed E-state index contributed by atoms with van der Waals surface area (Å²) >= 11 is 0. The van der Waals surface area contributed by atoms with Crippen molar-refractivity contribution in [2.45, 2.75) is 96.4 Å². The molecule has 0 unspecified atom stereocenters. The first-order valence-electron chi connectivity index (χ1n) is 9.23. The predicted molar refractivity (Wildman–Crippen MR) is 139 cm³/mol. The summed E-state index contributed by atoms with van der Waals surface area (Å²) < 4.78 is 8.09. The Bertz CT molecular complexity index is 582. The van der Waals surface area contributed by atoms with E-state index in [1.165, 1.54) is 31.2 Å². The van der Waals surface area contributed by atoms with Gasteiger partial charge in [-0.05, 0) is 31.4 Å². The van der Waals surface area contributed by atoms with Crippen LogP contribution in [-0.2, 0) is 52.4 Å². The molecule has 1 fully saturated rings. The second kappa shape index (κ2) is 25.6. The molecule has 1 aliphatic rings. The van der Waals surface area contributed by atoms with E-state index in [0.717, 1.165) is 30.6 Å². The Balaban J connectivity index is -0.000000169. The van der Waals surface area contributed by atoms with E-state index in [4.69, 9.17) is 9.84 Å². The Hall–Kier alpha value is -0.706. The van der Waals surface area contributed by atoms with Gasteiger partial charge in [0.1, 0.15) is 6.61 Å². The second-order valence-electron chi connectivity index (χ2n) is 6.11. The second-order valence-corrected chi connectivity index (χ2v) is 6.11. The van der Waals surface area contributed by atoms with E-state index < -0.39 is 0 Å². The van der Waals surface area contributed by atoms with Gasteiger partial charge in [-0.1, -0.05) is 94.2 Å². The van der Waals surface area contributed by atoms with Gasteiger partial charge in [0.05, 0.1) is 5.69 Å². The Morgan fingerprint density at radius 3 is 2.06 bits per heavy atom. The van der Waals surface area contributed by atoms with Crippen molar-refractivity contribution in [3.8, 4) is 5.88 Å². The summed E-state index contributed by atoms with van der Waals surface area (Å²) in [4.78, 5) is 0. The van der Waals surface area contributed by atoms with Crippen molar-refractivity contribution >= 4 is 0 Å². The maximum absolute atomic E-state index is 6.03. The zero-order chi connectivity index (χ0) is 17.2. The summed E-state index contributed by atoms with van der Waals surface area (Å²) in [7, 11) is 1.94. The molecule has 2 aromatic rings. The molecule has 1 N–H and O–H groups in total. The van der Waals surface area contributed by atoms with Crippen LogP contribution < -0.4 is 10.1 Å². The minimum atomic E-state index is 0. The van der Waals surface area contributed by atoms with E-state index in [1.807, 2.05) is 39.1 Å².